The first-order chi connectivity index (χ1) is 5.13. The van der Waals surface area contributed by atoms with E-state index in [4.69, 9.17) is 5.11 Å². The van der Waals surface area contributed by atoms with Gasteiger partial charge in [-0.3, -0.25) is 0 Å². The van der Waals surface area contributed by atoms with Gasteiger partial charge in [0, 0.05) is 0 Å². The lowest BCUT2D eigenvalue weighted by Gasteiger charge is -2.21. The minimum atomic E-state index is -1.05. The third-order valence-electron chi connectivity index (χ3n) is 1.67. The quantitative estimate of drug-likeness (QED) is 0.535. The number of aliphatic hydroxyl groups is 3. The Labute approximate surface area is 67.7 Å². The Hall–Kier alpha value is -0.120. The van der Waals surface area contributed by atoms with Crippen LogP contribution in [0.1, 0.15) is 26.2 Å². The summed E-state index contributed by atoms with van der Waals surface area (Å²) in [4.78, 5) is 0. The van der Waals surface area contributed by atoms with E-state index in [0.29, 0.717) is 6.42 Å². The van der Waals surface area contributed by atoms with Crippen molar-refractivity contribution in [3.05, 3.63) is 6.92 Å². The fourth-order valence-electron chi connectivity index (χ4n) is 0.894. The van der Waals surface area contributed by atoms with E-state index in [1.54, 1.807) is 0 Å². The van der Waals surface area contributed by atoms with Gasteiger partial charge in [0.2, 0.25) is 0 Å². The second-order valence-corrected chi connectivity index (χ2v) is 2.70. The van der Waals surface area contributed by atoms with Crippen LogP contribution in [0.5, 0.6) is 0 Å². The summed E-state index contributed by atoms with van der Waals surface area (Å²) < 4.78 is 0. The molecule has 3 atom stereocenters. The molecule has 3 unspecified atom stereocenters. The summed E-state index contributed by atoms with van der Waals surface area (Å²) in [6.45, 7) is 5.34. The van der Waals surface area contributed by atoms with Gasteiger partial charge in [-0.2, -0.15) is 0 Å². The number of hydrogen-bond donors (Lipinski definition) is 3. The van der Waals surface area contributed by atoms with Crippen LogP contribution in [0.3, 0.4) is 0 Å². The minimum Gasteiger partial charge on any atom is -0.390 e. The average molecular weight is 161 g/mol. The zero-order valence-electron chi connectivity index (χ0n) is 6.90. The summed E-state index contributed by atoms with van der Waals surface area (Å²) >= 11 is 0. The molecule has 0 aliphatic heterocycles. The molecule has 0 saturated carbocycles. The molecule has 0 aromatic rings. The van der Waals surface area contributed by atoms with Gasteiger partial charge >= 0.3 is 0 Å². The molecule has 67 valence electrons. The molecule has 0 saturated heterocycles. The number of aliphatic hydroxyl groups excluding tert-OH is 3. The van der Waals surface area contributed by atoms with Crippen molar-refractivity contribution in [3.8, 4) is 0 Å². The molecular formula is C8H17O3. The Balaban J connectivity index is 3.70. The molecule has 1 radical (unpaired) electrons. The van der Waals surface area contributed by atoms with E-state index in [9.17, 15) is 10.2 Å². The van der Waals surface area contributed by atoms with E-state index < -0.39 is 18.3 Å². The Kier molecular flexibility index (Phi) is 5.46. The molecular weight excluding hydrogens is 144 g/mol. The first-order valence-electron chi connectivity index (χ1n) is 3.96. The molecule has 11 heavy (non-hydrogen) atoms. The Bertz CT molecular complexity index is 95.3. The number of rotatable bonds is 5. The average Bonchev–Trinajstić information content (AvgIpc) is 2.02. The van der Waals surface area contributed by atoms with Crippen molar-refractivity contribution in [3.63, 3.8) is 0 Å². The fraction of sp³-hybridized carbons (Fsp3) is 0.875. The van der Waals surface area contributed by atoms with Gasteiger partial charge in [0.05, 0.1) is 12.2 Å². The molecule has 0 spiro atoms. The van der Waals surface area contributed by atoms with Crippen molar-refractivity contribution in [1.82, 2.24) is 0 Å². The van der Waals surface area contributed by atoms with Gasteiger partial charge in [0.15, 0.2) is 0 Å². The van der Waals surface area contributed by atoms with Crippen LogP contribution in [0.4, 0.5) is 0 Å². The van der Waals surface area contributed by atoms with E-state index in [1.165, 1.54) is 0 Å². The monoisotopic (exact) mass is 161 g/mol. The maximum Gasteiger partial charge on any atom is 0.106 e. The summed E-state index contributed by atoms with van der Waals surface area (Å²) in [5.41, 5.74) is 0. The zero-order valence-corrected chi connectivity index (χ0v) is 6.90. The molecule has 0 aromatic carbocycles. The standard InChI is InChI=1S/C8H17O3/c1-3-5-7(10)8(11)6(9)4-2/h6-11H,2-5H2,1H3. The highest BCUT2D eigenvalue weighted by atomic mass is 16.4. The normalized spacial score (nSPS) is 19.4. The molecule has 0 amide bonds. The molecule has 3 heteroatoms. The van der Waals surface area contributed by atoms with Gasteiger partial charge in [-0.1, -0.05) is 20.3 Å². The van der Waals surface area contributed by atoms with Crippen LogP contribution < -0.4 is 0 Å². The van der Waals surface area contributed by atoms with Crippen LogP contribution in [0.25, 0.3) is 0 Å². The smallest absolute Gasteiger partial charge is 0.106 e. The van der Waals surface area contributed by atoms with E-state index in [0.717, 1.165) is 6.42 Å². The van der Waals surface area contributed by atoms with E-state index in [-0.39, 0.29) is 6.42 Å². The van der Waals surface area contributed by atoms with E-state index >= 15 is 0 Å². The van der Waals surface area contributed by atoms with Crippen LogP contribution >= 0.6 is 0 Å². The van der Waals surface area contributed by atoms with Crippen molar-refractivity contribution in [2.24, 2.45) is 0 Å². The lowest BCUT2D eigenvalue weighted by Crippen LogP contribution is -2.36. The van der Waals surface area contributed by atoms with Crippen molar-refractivity contribution < 1.29 is 15.3 Å². The fourth-order valence-corrected chi connectivity index (χ4v) is 0.894. The highest BCUT2D eigenvalue weighted by Gasteiger charge is 2.21. The summed E-state index contributed by atoms with van der Waals surface area (Å²) in [5, 5.41) is 27.4. The Morgan fingerprint density at radius 3 is 2.09 bits per heavy atom. The third kappa shape index (κ3) is 3.70. The van der Waals surface area contributed by atoms with Crippen molar-refractivity contribution in [2.45, 2.75) is 44.5 Å². The van der Waals surface area contributed by atoms with Gasteiger partial charge < -0.3 is 15.3 Å². The van der Waals surface area contributed by atoms with Crippen LogP contribution in [0.2, 0.25) is 0 Å². The lowest BCUT2D eigenvalue weighted by molar-refractivity contribution is -0.0603. The number of hydrogen-bond acceptors (Lipinski definition) is 3. The zero-order chi connectivity index (χ0) is 8.85. The highest BCUT2D eigenvalue weighted by molar-refractivity contribution is 4.75. The maximum atomic E-state index is 9.18. The third-order valence-corrected chi connectivity index (χ3v) is 1.67. The molecule has 3 N–H and O–H groups in total. The van der Waals surface area contributed by atoms with Gasteiger partial charge in [-0.05, 0) is 12.8 Å². The summed E-state index contributed by atoms with van der Waals surface area (Å²) in [6.07, 6.45) is -1.25. The Morgan fingerprint density at radius 1 is 1.18 bits per heavy atom. The topological polar surface area (TPSA) is 60.7 Å². The van der Waals surface area contributed by atoms with Crippen LogP contribution in [0, 0.1) is 6.92 Å². The Morgan fingerprint density at radius 2 is 1.73 bits per heavy atom. The molecule has 0 rings (SSSR count). The minimum absolute atomic E-state index is 0.224. The summed E-state index contributed by atoms with van der Waals surface area (Å²) in [5.74, 6) is 0. The highest BCUT2D eigenvalue weighted by Crippen LogP contribution is 2.07. The molecule has 0 bridgehead atoms. The second kappa shape index (κ2) is 5.52. The van der Waals surface area contributed by atoms with Crippen molar-refractivity contribution >= 4 is 0 Å². The largest absolute Gasteiger partial charge is 0.390 e. The van der Waals surface area contributed by atoms with Crippen molar-refractivity contribution in [2.75, 3.05) is 0 Å². The molecule has 3 nitrogen and oxygen atoms in total. The van der Waals surface area contributed by atoms with Crippen LogP contribution in [-0.4, -0.2) is 33.6 Å². The summed E-state index contributed by atoms with van der Waals surface area (Å²) in [7, 11) is 0. The predicted octanol–water partition coefficient (Wildman–Crippen LogP) is 0.0934. The molecule has 0 aliphatic carbocycles. The SMILES string of the molecule is [CH2]CC(O)C(O)C(O)CCC. The first kappa shape index (κ1) is 10.9. The van der Waals surface area contributed by atoms with Gasteiger partial charge in [-0.25, -0.2) is 0 Å². The second-order valence-electron chi connectivity index (χ2n) is 2.70. The van der Waals surface area contributed by atoms with E-state index in [1.807, 2.05) is 6.92 Å². The first-order valence-corrected chi connectivity index (χ1v) is 3.96. The lowest BCUT2D eigenvalue weighted by atomic mass is 10.0. The van der Waals surface area contributed by atoms with Gasteiger partial charge in [-0.15, -0.1) is 0 Å². The van der Waals surface area contributed by atoms with Crippen molar-refractivity contribution in [1.29, 1.82) is 0 Å². The predicted molar refractivity (Wildman–Crippen MR) is 42.9 cm³/mol. The molecule has 0 aromatic heterocycles. The molecule has 0 aliphatic rings. The maximum absolute atomic E-state index is 9.18. The van der Waals surface area contributed by atoms with Gasteiger partial charge in [0.1, 0.15) is 6.10 Å². The van der Waals surface area contributed by atoms with E-state index in [2.05, 4.69) is 6.92 Å². The molecule has 0 heterocycles. The van der Waals surface area contributed by atoms with Crippen LogP contribution in [0.15, 0.2) is 0 Å². The van der Waals surface area contributed by atoms with Crippen LogP contribution in [-0.2, 0) is 0 Å². The summed E-state index contributed by atoms with van der Waals surface area (Å²) in [6, 6.07) is 0. The molecule has 0 fully saturated rings. The van der Waals surface area contributed by atoms with Gasteiger partial charge in [0.25, 0.3) is 0 Å².